The molecule has 0 bridgehead atoms. The normalized spacial score (nSPS) is 54.9. The molecule has 4 fully saturated rings. The first-order valence-corrected chi connectivity index (χ1v) is 10.7. The lowest BCUT2D eigenvalue weighted by molar-refractivity contribution is -0.172. The van der Waals surface area contributed by atoms with Crippen molar-refractivity contribution in [3.8, 4) is 0 Å². The molecule has 0 aromatic rings. The minimum absolute atomic E-state index is 0.0111. The second-order valence-corrected chi connectivity index (χ2v) is 10.6. The van der Waals surface area contributed by atoms with Crippen molar-refractivity contribution in [1.29, 1.82) is 0 Å². The van der Waals surface area contributed by atoms with Crippen LogP contribution >= 0.6 is 0 Å². The van der Waals surface area contributed by atoms with E-state index in [2.05, 4.69) is 18.7 Å². The van der Waals surface area contributed by atoms with Gasteiger partial charge in [-0.2, -0.15) is 0 Å². The molecule has 8 atom stereocenters. The lowest BCUT2D eigenvalue weighted by Gasteiger charge is -2.63. The lowest BCUT2D eigenvalue weighted by Crippen LogP contribution is -2.58. The number of hydrogen-bond acceptors (Lipinski definition) is 2. The first kappa shape index (κ1) is 18.5. The van der Waals surface area contributed by atoms with E-state index < -0.39 is 5.60 Å². The Balaban J connectivity index is 1.64. The number of aliphatic hydroxyl groups is 2. The molecule has 26 heavy (non-hydrogen) atoms. The third kappa shape index (κ3) is 2.45. The molecule has 0 saturated heterocycles. The summed E-state index contributed by atoms with van der Waals surface area (Å²) in [5, 5.41) is 20.8. The van der Waals surface area contributed by atoms with Crippen molar-refractivity contribution in [2.24, 2.45) is 40.4 Å². The van der Waals surface area contributed by atoms with Crippen LogP contribution in [0, 0.1) is 47.0 Å². The molecule has 4 aliphatic carbocycles. The van der Waals surface area contributed by atoms with E-state index in [9.17, 15) is 10.2 Å². The molecular formula is C23H35NO2. The number of rotatable bonds is 1. The standard InChI is InChI=1S/C23H35NO2/c1-21-10-9-20-18(19(21)8-6-16(21)13-24-4)7-5-15-12-23(3,26)17(14-25)11-22(15,20)2/h13,15,17-20,25-26H,5-12,14H2,1-3H3/b16-13-/t15-,17-,18+,19+,20+,21-,22+,23+/m1/s1. The molecule has 3 heteroatoms. The maximum absolute atomic E-state index is 10.9. The Hall–Kier alpha value is -0.850. The first-order chi connectivity index (χ1) is 12.3. The van der Waals surface area contributed by atoms with Crippen molar-refractivity contribution in [3.63, 3.8) is 0 Å². The van der Waals surface area contributed by atoms with E-state index >= 15 is 0 Å². The highest BCUT2D eigenvalue weighted by atomic mass is 16.3. The molecule has 0 aliphatic heterocycles. The summed E-state index contributed by atoms with van der Waals surface area (Å²) in [6.07, 6.45) is 11.0. The minimum Gasteiger partial charge on any atom is -0.396 e. The monoisotopic (exact) mass is 357 g/mol. The molecule has 144 valence electrons. The van der Waals surface area contributed by atoms with E-state index in [1.807, 2.05) is 13.1 Å². The van der Waals surface area contributed by atoms with E-state index in [0.29, 0.717) is 5.92 Å². The topological polar surface area (TPSA) is 44.8 Å². The Labute approximate surface area is 158 Å². The summed E-state index contributed by atoms with van der Waals surface area (Å²) in [7, 11) is 0. The summed E-state index contributed by atoms with van der Waals surface area (Å²) in [5.41, 5.74) is 1.19. The van der Waals surface area contributed by atoms with Crippen LogP contribution in [0.2, 0.25) is 0 Å². The molecule has 4 saturated carbocycles. The Morgan fingerprint density at radius 3 is 2.58 bits per heavy atom. The zero-order chi connectivity index (χ0) is 18.7. The Morgan fingerprint density at radius 2 is 1.88 bits per heavy atom. The van der Waals surface area contributed by atoms with Gasteiger partial charge in [0.2, 0.25) is 0 Å². The zero-order valence-corrected chi connectivity index (χ0v) is 16.7. The molecule has 0 aromatic heterocycles. The fourth-order valence-electron chi connectivity index (χ4n) is 8.00. The van der Waals surface area contributed by atoms with Gasteiger partial charge in [0.1, 0.15) is 0 Å². The highest BCUT2D eigenvalue weighted by Gasteiger charge is 2.61. The fraction of sp³-hybridized carbons (Fsp3) is 0.870. The predicted octanol–water partition coefficient (Wildman–Crippen LogP) is 4.80. The molecule has 4 aliphatic rings. The average molecular weight is 358 g/mol. The van der Waals surface area contributed by atoms with Gasteiger partial charge in [0, 0.05) is 12.5 Å². The third-order valence-corrected chi connectivity index (χ3v) is 9.58. The predicted molar refractivity (Wildman–Crippen MR) is 103 cm³/mol. The average Bonchev–Trinajstić information content (AvgIpc) is 2.92. The van der Waals surface area contributed by atoms with Crippen molar-refractivity contribution in [2.45, 2.75) is 77.7 Å². The number of hydrogen-bond donors (Lipinski definition) is 2. The van der Waals surface area contributed by atoms with E-state index in [-0.39, 0.29) is 23.4 Å². The second-order valence-electron chi connectivity index (χ2n) is 10.6. The van der Waals surface area contributed by atoms with Crippen LogP contribution in [0.3, 0.4) is 0 Å². The van der Waals surface area contributed by atoms with Crippen LogP contribution in [0.5, 0.6) is 0 Å². The number of fused-ring (bicyclic) bond motifs is 5. The quantitative estimate of drug-likeness (QED) is 0.662. The van der Waals surface area contributed by atoms with Gasteiger partial charge in [0.15, 0.2) is 6.20 Å². The van der Waals surface area contributed by atoms with Crippen LogP contribution < -0.4 is 0 Å². The molecule has 0 heterocycles. The van der Waals surface area contributed by atoms with Crippen molar-refractivity contribution in [3.05, 3.63) is 23.2 Å². The maximum atomic E-state index is 10.9. The first-order valence-electron chi connectivity index (χ1n) is 10.7. The van der Waals surface area contributed by atoms with Gasteiger partial charge in [-0.1, -0.05) is 19.4 Å². The van der Waals surface area contributed by atoms with Gasteiger partial charge >= 0.3 is 0 Å². The van der Waals surface area contributed by atoms with E-state index in [0.717, 1.165) is 37.0 Å². The highest BCUT2D eigenvalue weighted by Crippen LogP contribution is 2.68. The summed E-state index contributed by atoms with van der Waals surface area (Å²) in [5.74, 6) is 2.80. The molecule has 0 amide bonds. The Morgan fingerprint density at radius 1 is 1.12 bits per heavy atom. The Kier molecular flexibility index (Phi) is 4.33. The second kappa shape index (κ2) is 6.08. The largest absolute Gasteiger partial charge is 0.396 e. The minimum atomic E-state index is -0.714. The van der Waals surface area contributed by atoms with Gasteiger partial charge in [-0.3, -0.25) is 0 Å². The molecule has 2 N–H and O–H groups in total. The fourth-order valence-corrected chi connectivity index (χ4v) is 8.00. The summed E-state index contributed by atoms with van der Waals surface area (Å²) >= 11 is 0. The van der Waals surface area contributed by atoms with Crippen molar-refractivity contribution >= 4 is 0 Å². The molecular weight excluding hydrogens is 322 g/mol. The number of allylic oxidation sites excluding steroid dienone is 1. The van der Waals surface area contributed by atoms with Crippen LogP contribution in [0.15, 0.2) is 11.8 Å². The van der Waals surface area contributed by atoms with Crippen molar-refractivity contribution < 1.29 is 10.2 Å². The maximum Gasteiger partial charge on any atom is 0.154 e. The third-order valence-electron chi connectivity index (χ3n) is 9.58. The molecule has 0 unspecified atom stereocenters. The molecule has 0 spiro atoms. The zero-order valence-electron chi connectivity index (χ0n) is 16.7. The smallest absolute Gasteiger partial charge is 0.154 e. The number of nitrogens with zero attached hydrogens (tertiary/aromatic N) is 1. The van der Waals surface area contributed by atoms with Crippen LogP contribution in [0.4, 0.5) is 0 Å². The molecule has 3 nitrogen and oxygen atoms in total. The van der Waals surface area contributed by atoms with E-state index in [1.54, 1.807) is 0 Å². The van der Waals surface area contributed by atoms with Crippen molar-refractivity contribution in [2.75, 3.05) is 6.61 Å². The molecule has 4 rings (SSSR count). The van der Waals surface area contributed by atoms with E-state index in [1.165, 1.54) is 37.7 Å². The molecule has 0 aromatic carbocycles. The SMILES string of the molecule is [C-]#[N+]/C=C1/CC[C@H]2[C@@H]3CC[C@@H]4C[C@](C)(O)[C@@H](CO)C[C@]4(C)[C@H]3CC[C@]12C. The van der Waals surface area contributed by atoms with Gasteiger partial charge < -0.3 is 10.2 Å². The lowest BCUT2D eigenvalue weighted by atomic mass is 9.43. The van der Waals surface area contributed by atoms with Crippen LogP contribution in [0.1, 0.15) is 72.1 Å². The van der Waals surface area contributed by atoms with Crippen LogP contribution in [0.25, 0.3) is 4.85 Å². The van der Waals surface area contributed by atoms with Gasteiger partial charge in [-0.15, -0.1) is 0 Å². The van der Waals surface area contributed by atoms with Crippen LogP contribution in [-0.2, 0) is 0 Å². The summed E-state index contributed by atoms with van der Waals surface area (Å²) in [4.78, 5) is 3.61. The summed E-state index contributed by atoms with van der Waals surface area (Å²) in [6, 6.07) is 0. The van der Waals surface area contributed by atoms with Gasteiger partial charge in [-0.25, -0.2) is 4.85 Å². The van der Waals surface area contributed by atoms with Crippen molar-refractivity contribution in [1.82, 2.24) is 0 Å². The van der Waals surface area contributed by atoms with Gasteiger partial charge in [0.05, 0.1) is 12.2 Å². The summed E-state index contributed by atoms with van der Waals surface area (Å²) in [6.45, 7) is 14.2. The molecule has 0 radical (unpaired) electrons. The number of aliphatic hydroxyl groups excluding tert-OH is 1. The highest BCUT2D eigenvalue weighted by molar-refractivity contribution is 5.25. The van der Waals surface area contributed by atoms with Gasteiger partial charge in [-0.05, 0) is 92.8 Å². The van der Waals surface area contributed by atoms with Gasteiger partial charge in [0.25, 0.3) is 0 Å². The van der Waals surface area contributed by atoms with Crippen LogP contribution in [-0.4, -0.2) is 22.4 Å². The Bertz CT molecular complexity index is 647. The van der Waals surface area contributed by atoms with E-state index in [4.69, 9.17) is 6.57 Å². The summed E-state index contributed by atoms with van der Waals surface area (Å²) < 4.78 is 0.